The van der Waals surface area contributed by atoms with Gasteiger partial charge in [0.2, 0.25) is 0 Å². The highest BCUT2D eigenvalue weighted by Crippen LogP contribution is 2.27. The summed E-state index contributed by atoms with van der Waals surface area (Å²) in [5.41, 5.74) is -0.319. The zero-order valence-corrected chi connectivity index (χ0v) is 10.8. The van der Waals surface area contributed by atoms with Gasteiger partial charge in [-0.05, 0) is 33.7 Å². The fourth-order valence-corrected chi connectivity index (χ4v) is 2.12. The number of rotatable bonds is 2. The van der Waals surface area contributed by atoms with Crippen molar-refractivity contribution >= 4 is 6.01 Å². The fraction of sp³-hybridized carbons (Fsp3) is 0.750. The molecule has 1 saturated heterocycles. The van der Waals surface area contributed by atoms with Crippen LogP contribution in [0.4, 0.5) is 6.01 Å². The van der Waals surface area contributed by atoms with Crippen LogP contribution in [-0.2, 0) is 5.60 Å². The van der Waals surface area contributed by atoms with Crippen molar-refractivity contribution in [2.75, 3.05) is 31.1 Å². The SMILES string of the molecule is Cc1oc(N2CCCNCC2)nc1C(C)(C)O. The van der Waals surface area contributed by atoms with Gasteiger partial charge in [0.1, 0.15) is 17.1 Å². The molecule has 1 aromatic heterocycles. The maximum atomic E-state index is 9.98. The van der Waals surface area contributed by atoms with Gasteiger partial charge in [-0.2, -0.15) is 4.98 Å². The number of hydrogen-bond acceptors (Lipinski definition) is 5. The molecule has 0 radical (unpaired) electrons. The zero-order chi connectivity index (χ0) is 12.5. The van der Waals surface area contributed by atoms with Crippen LogP contribution in [0, 0.1) is 6.92 Å². The number of aromatic nitrogens is 1. The molecule has 0 atom stereocenters. The molecule has 2 heterocycles. The van der Waals surface area contributed by atoms with Gasteiger partial charge in [0.15, 0.2) is 0 Å². The van der Waals surface area contributed by atoms with Crippen LogP contribution >= 0.6 is 0 Å². The predicted octanol–water partition coefficient (Wildman–Crippen LogP) is 1.01. The minimum absolute atomic E-state index is 0.628. The zero-order valence-electron chi connectivity index (χ0n) is 10.8. The van der Waals surface area contributed by atoms with Crippen molar-refractivity contribution in [3.8, 4) is 0 Å². The molecule has 17 heavy (non-hydrogen) atoms. The highest BCUT2D eigenvalue weighted by Gasteiger charge is 2.26. The number of hydrogen-bond donors (Lipinski definition) is 2. The van der Waals surface area contributed by atoms with Gasteiger partial charge in [-0.3, -0.25) is 0 Å². The Labute approximate surface area is 102 Å². The molecule has 0 spiro atoms. The van der Waals surface area contributed by atoms with Gasteiger partial charge in [0, 0.05) is 19.6 Å². The minimum Gasteiger partial charge on any atom is -0.429 e. The van der Waals surface area contributed by atoms with E-state index in [1.807, 2.05) is 6.92 Å². The molecule has 0 saturated carbocycles. The molecular formula is C12H21N3O2. The van der Waals surface area contributed by atoms with Crippen LogP contribution < -0.4 is 10.2 Å². The standard InChI is InChI=1S/C12H21N3O2/c1-9-10(12(2,3)16)14-11(17-9)15-7-4-5-13-6-8-15/h13,16H,4-8H2,1-3H3. The number of aryl methyl sites for hydroxylation is 1. The maximum absolute atomic E-state index is 9.98. The monoisotopic (exact) mass is 239 g/mol. The molecule has 5 heteroatoms. The molecule has 1 aromatic rings. The summed E-state index contributed by atoms with van der Waals surface area (Å²) in [5.74, 6) is 0.699. The summed E-state index contributed by atoms with van der Waals surface area (Å²) in [7, 11) is 0. The molecule has 96 valence electrons. The maximum Gasteiger partial charge on any atom is 0.297 e. The van der Waals surface area contributed by atoms with Crippen molar-refractivity contribution in [3.63, 3.8) is 0 Å². The molecular weight excluding hydrogens is 218 g/mol. The average molecular weight is 239 g/mol. The van der Waals surface area contributed by atoms with Gasteiger partial charge in [0.05, 0.1) is 0 Å². The lowest BCUT2D eigenvalue weighted by Gasteiger charge is -2.17. The van der Waals surface area contributed by atoms with Gasteiger partial charge in [-0.15, -0.1) is 0 Å². The van der Waals surface area contributed by atoms with E-state index in [-0.39, 0.29) is 0 Å². The lowest BCUT2D eigenvalue weighted by Crippen LogP contribution is -2.28. The highest BCUT2D eigenvalue weighted by atomic mass is 16.4. The summed E-state index contributed by atoms with van der Waals surface area (Å²) in [6.45, 7) is 9.12. The van der Waals surface area contributed by atoms with Crippen LogP contribution in [0.3, 0.4) is 0 Å². The first kappa shape index (κ1) is 12.4. The number of anilines is 1. The topological polar surface area (TPSA) is 61.5 Å². The summed E-state index contributed by atoms with van der Waals surface area (Å²) in [6, 6.07) is 0.628. The second kappa shape index (κ2) is 4.66. The second-order valence-electron chi connectivity index (χ2n) is 5.05. The lowest BCUT2D eigenvalue weighted by atomic mass is 10.0. The van der Waals surface area contributed by atoms with Gasteiger partial charge < -0.3 is 19.7 Å². The minimum atomic E-state index is -0.948. The summed E-state index contributed by atoms with van der Waals surface area (Å²) in [4.78, 5) is 6.56. The third kappa shape index (κ3) is 2.79. The molecule has 0 amide bonds. The Morgan fingerprint density at radius 3 is 2.76 bits per heavy atom. The van der Waals surface area contributed by atoms with E-state index in [9.17, 15) is 5.11 Å². The Kier molecular flexibility index (Phi) is 3.40. The smallest absolute Gasteiger partial charge is 0.297 e. The summed E-state index contributed by atoms with van der Waals surface area (Å²) in [5, 5.41) is 13.3. The molecule has 2 rings (SSSR count). The van der Waals surface area contributed by atoms with Crippen LogP contribution in [0.15, 0.2) is 4.42 Å². The van der Waals surface area contributed by atoms with E-state index in [1.54, 1.807) is 13.8 Å². The fourth-order valence-electron chi connectivity index (χ4n) is 2.12. The van der Waals surface area contributed by atoms with Gasteiger partial charge in [-0.25, -0.2) is 0 Å². The number of nitrogens with zero attached hydrogens (tertiary/aromatic N) is 2. The van der Waals surface area contributed by atoms with E-state index in [4.69, 9.17) is 4.42 Å². The molecule has 1 aliphatic heterocycles. The largest absolute Gasteiger partial charge is 0.429 e. The molecule has 1 aliphatic rings. The van der Waals surface area contributed by atoms with E-state index in [2.05, 4.69) is 15.2 Å². The van der Waals surface area contributed by atoms with Crippen molar-refractivity contribution in [1.29, 1.82) is 0 Å². The van der Waals surface area contributed by atoms with Crippen molar-refractivity contribution in [2.24, 2.45) is 0 Å². The molecule has 0 aliphatic carbocycles. The first-order valence-electron chi connectivity index (χ1n) is 6.14. The van der Waals surface area contributed by atoms with E-state index in [0.717, 1.165) is 32.6 Å². The van der Waals surface area contributed by atoms with Crippen molar-refractivity contribution in [1.82, 2.24) is 10.3 Å². The Morgan fingerprint density at radius 1 is 1.35 bits per heavy atom. The summed E-state index contributed by atoms with van der Waals surface area (Å²) in [6.07, 6.45) is 1.08. The Bertz CT molecular complexity index is 374. The Morgan fingerprint density at radius 2 is 2.12 bits per heavy atom. The summed E-state index contributed by atoms with van der Waals surface area (Å²) >= 11 is 0. The third-order valence-corrected chi connectivity index (χ3v) is 2.98. The van der Waals surface area contributed by atoms with Crippen LogP contribution in [0.2, 0.25) is 0 Å². The lowest BCUT2D eigenvalue weighted by molar-refractivity contribution is 0.0728. The third-order valence-electron chi connectivity index (χ3n) is 2.98. The van der Waals surface area contributed by atoms with E-state index >= 15 is 0 Å². The number of aliphatic hydroxyl groups is 1. The average Bonchev–Trinajstić information content (AvgIpc) is 2.50. The van der Waals surface area contributed by atoms with Gasteiger partial charge in [0.25, 0.3) is 6.01 Å². The second-order valence-corrected chi connectivity index (χ2v) is 5.05. The first-order valence-corrected chi connectivity index (χ1v) is 6.14. The van der Waals surface area contributed by atoms with Crippen LogP contribution in [0.25, 0.3) is 0 Å². The molecule has 0 unspecified atom stereocenters. The summed E-state index contributed by atoms with van der Waals surface area (Å²) < 4.78 is 5.66. The number of oxazole rings is 1. The van der Waals surface area contributed by atoms with Crippen molar-refractivity contribution in [2.45, 2.75) is 32.8 Å². The quantitative estimate of drug-likeness (QED) is 0.806. The van der Waals surface area contributed by atoms with Gasteiger partial charge in [-0.1, -0.05) is 0 Å². The normalized spacial score (nSPS) is 18.2. The highest BCUT2D eigenvalue weighted by molar-refractivity contribution is 5.31. The first-order chi connectivity index (χ1) is 7.98. The molecule has 1 fully saturated rings. The van der Waals surface area contributed by atoms with Gasteiger partial charge >= 0.3 is 0 Å². The van der Waals surface area contributed by atoms with Crippen LogP contribution in [0.1, 0.15) is 31.7 Å². The van der Waals surface area contributed by atoms with Crippen molar-refractivity contribution in [3.05, 3.63) is 11.5 Å². The predicted molar refractivity (Wildman–Crippen MR) is 66.2 cm³/mol. The molecule has 0 bridgehead atoms. The van der Waals surface area contributed by atoms with E-state index in [1.165, 1.54) is 0 Å². The van der Waals surface area contributed by atoms with Crippen LogP contribution in [-0.4, -0.2) is 36.3 Å². The number of nitrogens with one attached hydrogen (secondary N) is 1. The Hall–Kier alpha value is -1.07. The van der Waals surface area contributed by atoms with E-state index in [0.29, 0.717) is 17.5 Å². The van der Waals surface area contributed by atoms with E-state index < -0.39 is 5.60 Å². The Balaban J connectivity index is 2.21. The van der Waals surface area contributed by atoms with Crippen LogP contribution in [0.5, 0.6) is 0 Å². The van der Waals surface area contributed by atoms with Crippen molar-refractivity contribution < 1.29 is 9.52 Å². The molecule has 2 N–H and O–H groups in total. The molecule has 0 aromatic carbocycles. The molecule has 5 nitrogen and oxygen atoms in total.